The van der Waals surface area contributed by atoms with Crippen LogP contribution in [-0.2, 0) is 13.0 Å². The Kier molecular flexibility index (Phi) is 5.52. The van der Waals surface area contributed by atoms with Crippen LogP contribution in [0.1, 0.15) is 46.5 Å². The van der Waals surface area contributed by atoms with Crippen LogP contribution in [0.5, 0.6) is 0 Å². The van der Waals surface area contributed by atoms with Crippen molar-refractivity contribution in [2.45, 2.75) is 31.8 Å². The number of hydrogen-bond donors (Lipinski definition) is 3. The molecule has 3 aromatic heterocycles. The Labute approximate surface area is 184 Å². The fraction of sp³-hybridized carbons (Fsp3) is 0.217. The molecule has 3 N–H and O–H groups in total. The molecule has 0 radical (unpaired) electrons. The molecule has 1 atom stereocenters. The molecule has 9 heteroatoms. The van der Waals surface area contributed by atoms with Gasteiger partial charge in [0.05, 0.1) is 24.0 Å². The third kappa shape index (κ3) is 4.31. The van der Waals surface area contributed by atoms with E-state index in [0.717, 1.165) is 41.9 Å². The molecule has 0 spiro atoms. The Morgan fingerprint density at radius 2 is 1.97 bits per heavy atom. The van der Waals surface area contributed by atoms with Crippen molar-refractivity contribution in [2.75, 3.05) is 5.32 Å². The second kappa shape index (κ2) is 8.93. The lowest BCUT2D eigenvalue weighted by Crippen LogP contribution is -2.32. The van der Waals surface area contributed by atoms with Crippen LogP contribution in [-0.4, -0.2) is 36.0 Å². The fourth-order valence-corrected chi connectivity index (χ4v) is 3.81. The SMILES string of the molecule is O=C(NC1CCCc2nccnc21)c1cccc(NCc2nc(-c3ccncc3)n[nH]2)c1. The van der Waals surface area contributed by atoms with Crippen molar-refractivity contribution in [1.82, 2.24) is 35.5 Å². The number of carbonyl (C=O) groups is 1. The molecule has 0 fully saturated rings. The zero-order valence-electron chi connectivity index (χ0n) is 17.3. The number of amides is 1. The van der Waals surface area contributed by atoms with Gasteiger partial charge in [0.2, 0.25) is 0 Å². The summed E-state index contributed by atoms with van der Waals surface area (Å²) in [7, 11) is 0. The largest absolute Gasteiger partial charge is 0.378 e. The molecule has 1 aliphatic rings. The highest BCUT2D eigenvalue weighted by Crippen LogP contribution is 2.26. The zero-order valence-corrected chi connectivity index (χ0v) is 17.3. The lowest BCUT2D eigenvalue weighted by Gasteiger charge is -2.24. The van der Waals surface area contributed by atoms with E-state index in [1.807, 2.05) is 30.3 Å². The summed E-state index contributed by atoms with van der Waals surface area (Å²) in [5, 5.41) is 13.6. The number of aryl methyl sites for hydroxylation is 1. The van der Waals surface area contributed by atoms with E-state index in [-0.39, 0.29) is 11.9 Å². The third-order valence-electron chi connectivity index (χ3n) is 5.40. The van der Waals surface area contributed by atoms with Crippen molar-refractivity contribution in [3.05, 3.63) is 84.0 Å². The molecular formula is C23H22N8O. The number of carbonyl (C=O) groups excluding carboxylic acids is 1. The molecule has 32 heavy (non-hydrogen) atoms. The van der Waals surface area contributed by atoms with Crippen molar-refractivity contribution in [2.24, 2.45) is 0 Å². The molecule has 0 aliphatic heterocycles. The van der Waals surface area contributed by atoms with Crippen molar-refractivity contribution in [3.63, 3.8) is 0 Å². The summed E-state index contributed by atoms with van der Waals surface area (Å²) < 4.78 is 0. The highest BCUT2D eigenvalue weighted by atomic mass is 16.1. The first kappa shape index (κ1) is 19.8. The Morgan fingerprint density at radius 3 is 2.88 bits per heavy atom. The van der Waals surface area contributed by atoms with Gasteiger partial charge in [-0.3, -0.25) is 24.8 Å². The standard InChI is InChI=1S/C23H22N8O/c32-23(28-19-6-2-5-18-21(19)26-12-11-25-18)16-3-1-4-17(13-16)27-14-20-29-22(31-30-20)15-7-9-24-10-8-15/h1,3-4,7-13,19,27H,2,5-6,14H2,(H,28,32)(H,29,30,31). The lowest BCUT2D eigenvalue weighted by atomic mass is 9.95. The number of nitrogens with one attached hydrogen (secondary N) is 3. The molecule has 0 bridgehead atoms. The Balaban J connectivity index is 1.23. The van der Waals surface area contributed by atoms with Crippen molar-refractivity contribution >= 4 is 11.6 Å². The van der Waals surface area contributed by atoms with Crippen LogP contribution in [0.2, 0.25) is 0 Å². The van der Waals surface area contributed by atoms with Crippen LogP contribution in [0.3, 0.4) is 0 Å². The minimum absolute atomic E-state index is 0.114. The van der Waals surface area contributed by atoms with Gasteiger partial charge in [-0.2, -0.15) is 5.10 Å². The fourth-order valence-electron chi connectivity index (χ4n) is 3.81. The molecular weight excluding hydrogens is 404 g/mol. The topological polar surface area (TPSA) is 121 Å². The van der Waals surface area contributed by atoms with Gasteiger partial charge < -0.3 is 10.6 Å². The lowest BCUT2D eigenvalue weighted by molar-refractivity contribution is 0.0931. The molecule has 1 unspecified atom stereocenters. The zero-order chi connectivity index (χ0) is 21.8. The number of anilines is 1. The van der Waals surface area contributed by atoms with E-state index in [1.54, 1.807) is 30.9 Å². The van der Waals surface area contributed by atoms with Gasteiger partial charge in [-0.1, -0.05) is 6.07 Å². The molecule has 9 nitrogen and oxygen atoms in total. The number of pyridine rings is 1. The minimum Gasteiger partial charge on any atom is -0.378 e. The van der Waals surface area contributed by atoms with Gasteiger partial charge in [0, 0.05) is 41.6 Å². The van der Waals surface area contributed by atoms with Crippen LogP contribution >= 0.6 is 0 Å². The molecule has 5 rings (SSSR count). The number of aromatic amines is 1. The molecule has 3 heterocycles. The van der Waals surface area contributed by atoms with Crippen LogP contribution in [0, 0.1) is 0 Å². The number of fused-ring (bicyclic) bond motifs is 1. The molecule has 0 saturated heterocycles. The van der Waals surface area contributed by atoms with Gasteiger partial charge in [0.1, 0.15) is 5.82 Å². The maximum absolute atomic E-state index is 12.9. The summed E-state index contributed by atoms with van der Waals surface area (Å²) in [4.78, 5) is 30.2. The Bertz CT molecular complexity index is 1220. The van der Waals surface area contributed by atoms with Gasteiger partial charge in [-0.15, -0.1) is 0 Å². The monoisotopic (exact) mass is 426 g/mol. The van der Waals surface area contributed by atoms with Gasteiger partial charge >= 0.3 is 0 Å². The summed E-state index contributed by atoms with van der Waals surface area (Å²) in [5.74, 6) is 1.19. The van der Waals surface area contributed by atoms with E-state index >= 15 is 0 Å². The van der Waals surface area contributed by atoms with E-state index in [2.05, 4.69) is 40.8 Å². The Hall–Kier alpha value is -4.14. The van der Waals surface area contributed by atoms with Crippen LogP contribution in [0.4, 0.5) is 5.69 Å². The van der Waals surface area contributed by atoms with E-state index in [1.165, 1.54) is 0 Å². The van der Waals surface area contributed by atoms with E-state index < -0.39 is 0 Å². The molecule has 0 saturated carbocycles. The first-order valence-corrected chi connectivity index (χ1v) is 10.5. The predicted molar refractivity (Wildman–Crippen MR) is 119 cm³/mol. The van der Waals surface area contributed by atoms with Crippen LogP contribution in [0.25, 0.3) is 11.4 Å². The van der Waals surface area contributed by atoms with E-state index in [9.17, 15) is 4.79 Å². The van der Waals surface area contributed by atoms with Crippen molar-refractivity contribution < 1.29 is 4.79 Å². The number of aromatic nitrogens is 6. The molecule has 1 aliphatic carbocycles. The molecule has 1 amide bonds. The first-order chi connectivity index (χ1) is 15.8. The second-order valence-corrected chi connectivity index (χ2v) is 7.58. The highest BCUT2D eigenvalue weighted by Gasteiger charge is 2.24. The molecule has 160 valence electrons. The average Bonchev–Trinajstić information content (AvgIpc) is 3.33. The van der Waals surface area contributed by atoms with Crippen LogP contribution in [0.15, 0.2) is 61.2 Å². The number of benzene rings is 1. The van der Waals surface area contributed by atoms with Gasteiger partial charge in [0.25, 0.3) is 5.91 Å². The first-order valence-electron chi connectivity index (χ1n) is 10.5. The molecule has 1 aromatic carbocycles. The van der Waals surface area contributed by atoms with Crippen LogP contribution < -0.4 is 10.6 Å². The summed E-state index contributed by atoms with van der Waals surface area (Å²) in [6.45, 7) is 0.453. The number of nitrogens with zero attached hydrogens (tertiary/aromatic N) is 5. The smallest absolute Gasteiger partial charge is 0.251 e. The number of H-pyrrole nitrogens is 1. The third-order valence-corrected chi connectivity index (χ3v) is 5.40. The second-order valence-electron chi connectivity index (χ2n) is 7.58. The van der Waals surface area contributed by atoms with Crippen molar-refractivity contribution in [3.8, 4) is 11.4 Å². The number of hydrogen-bond acceptors (Lipinski definition) is 7. The number of rotatable bonds is 6. The molecule has 4 aromatic rings. The quantitative estimate of drug-likeness (QED) is 0.433. The summed E-state index contributed by atoms with van der Waals surface area (Å²) >= 11 is 0. The predicted octanol–water partition coefficient (Wildman–Crippen LogP) is 3.08. The van der Waals surface area contributed by atoms with Gasteiger partial charge in [-0.25, -0.2) is 4.98 Å². The van der Waals surface area contributed by atoms with Crippen molar-refractivity contribution in [1.29, 1.82) is 0 Å². The normalized spacial score (nSPS) is 15.1. The van der Waals surface area contributed by atoms with E-state index in [0.29, 0.717) is 23.8 Å². The highest BCUT2D eigenvalue weighted by molar-refractivity contribution is 5.95. The van der Waals surface area contributed by atoms with E-state index in [4.69, 9.17) is 0 Å². The van der Waals surface area contributed by atoms with Gasteiger partial charge in [-0.05, 0) is 49.6 Å². The summed E-state index contributed by atoms with van der Waals surface area (Å²) in [6, 6.07) is 11.0. The Morgan fingerprint density at radius 1 is 1.09 bits per heavy atom. The minimum atomic E-state index is -0.128. The summed E-state index contributed by atoms with van der Waals surface area (Å²) in [6.07, 6.45) is 9.54. The van der Waals surface area contributed by atoms with Gasteiger partial charge in [0.15, 0.2) is 5.82 Å². The summed E-state index contributed by atoms with van der Waals surface area (Å²) in [5.41, 5.74) is 4.15. The maximum Gasteiger partial charge on any atom is 0.251 e. The maximum atomic E-state index is 12.9. The average molecular weight is 426 g/mol.